The second kappa shape index (κ2) is 7.79. The Morgan fingerprint density at radius 1 is 1.32 bits per heavy atom. The summed E-state index contributed by atoms with van der Waals surface area (Å²) in [5, 5.41) is 3.19. The van der Waals surface area contributed by atoms with E-state index in [0.29, 0.717) is 18.5 Å². The number of furan rings is 1. The number of hydrogen-bond donors (Lipinski definition) is 1. The predicted molar refractivity (Wildman–Crippen MR) is 94.3 cm³/mol. The van der Waals surface area contributed by atoms with Crippen molar-refractivity contribution in [2.75, 3.05) is 39.4 Å². The third-order valence-electron chi connectivity index (χ3n) is 5.63. The van der Waals surface area contributed by atoms with Crippen molar-refractivity contribution in [3.8, 4) is 0 Å². The van der Waals surface area contributed by atoms with Gasteiger partial charge in [0.25, 0.3) is 0 Å². The number of nitrogens with zero attached hydrogens (tertiary/aromatic N) is 2. The van der Waals surface area contributed by atoms with Gasteiger partial charge >= 0.3 is 6.03 Å². The summed E-state index contributed by atoms with van der Waals surface area (Å²) in [7, 11) is 0. The molecular formula is C19H29N3O3. The first-order valence-corrected chi connectivity index (χ1v) is 9.71. The fraction of sp³-hybridized carbons (Fsp3) is 0.737. The topological polar surface area (TPSA) is 58.0 Å². The van der Waals surface area contributed by atoms with Gasteiger partial charge in [0.05, 0.1) is 18.9 Å². The summed E-state index contributed by atoms with van der Waals surface area (Å²) in [4.78, 5) is 17.3. The van der Waals surface area contributed by atoms with Gasteiger partial charge in [-0.05, 0) is 57.3 Å². The highest BCUT2D eigenvalue weighted by Crippen LogP contribution is 2.29. The lowest BCUT2D eigenvalue weighted by Crippen LogP contribution is -2.46. The second-order valence-electron chi connectivity index (χ2n) is 7.57. The molecule has 6 nitrogen and oxygen atoms in total. The van der Waals surface area contributed by atoms with Crippen LogP contribution in [0.4, 0.5) is 4.79 Å². The van der Waals surface area contributed by atoms with Crippen LogP contribution in [-0.4, -0.2) is 61.3 Å². The molecule has 2 amide bonds. The Bertz CT molecular complexity index is 546. The monoisotopic (exact) mass is 347 g/mol. The number of ether oxygens (including phenoxy) is 1. The molecule has 2 saturated heterocycles. The lowest BCUT2D eigenvalue weighted by molar-refractivity contribution is 0.157. The SMILES string of the molecule is O=C(NC[C@H](c1ccco1)N1CCCC1)N(C[C@@H]1CCOC1)C1CC1. The van der Waals surface area contributed by atoms with Crippen LogP contribution >= 0.6 is 0 Å². The molecule has 0 unspecified atom stereocenters. The number of carbonyl (C=O) groups is 1. The Hall–Kier alpha value is -1.53. The molecule has 0 aromatic carbocycles. The minimum Gasteiger partial charge on any atom is -0.468 e. The van der Waals surface area contributed by atoms with Gasteiger partial charge in [0, 0.05) is 31.7 Å². The summed E-state index contributed by atoms with van der Waals surface area (Å²) in [5.74, 6) is 1.44. The first-order chi connectivity index (χ1) is 12.3. The molecule has 1 saturated carbocycles. The third-order valence-corrected chi connectivity index (χ3v) is 5.63. The zero-order valence-electron chi connectivity index (χ0n) is 14.9. The van der Waals surface area contributed by atoms with Gasteiger partial charge in [-0.3, -0.25) is 4.90 Å². The van der Waals surface area contributed by atoms with E-state index in [4.69, 9.17) is 9.15 Å². The second-order valence-corrected chi connectivity index (χ2v) is 7.57. The zero-order valence-corrected chi connectivity index (χ0v) is 14.9. The lowest BCUT2D eigenvalue weighted by atomic mass is 10.1. The van der Waals surface area contributed by atoms with E-state index in [0.717, 1.165) is 57.9 Å². The van der Waals surface area contributed by atoms with E-state index in [1.807, 2.05) is 17.0 Å². The van der Waals surface area contributed by atoms with Gasteiger partial charge in [-0.1, -0.05) is 0 Å². The Balaban J connectivity index is 1.36. The summed E-state index contributed by atoms with van der Waals surface area (Å²) < 4.78 is 11.1. The van der Waals surface area contributed by atoms with Crippen LogP contribution < -0.4 is 5.32 Å². The molecule has 1 N–H and O–H groups in total. The Morgan fingerprint density at radius 3 is 2.80 bits per heavy atom. The van der Waals surface area contributed by atoms with Crippen molar-refractivity contribution in [2.45, 2.75) is 44.2 Å². The number of amides is 2. The third kappa shape index (κ3) is 4.18. The van der Waals surface area contributed by atoms with Crippen LogP contribution in [0.25, 0.3) is 0 Å². The number of hydrogen-bond acceptors (Lipinski definition) is 4. The molecule has 4 rings (SSSR count). The molecule has 0 bridgehead atoms. The Morgan fingerprint density at radius 2 is 2.16 bits per heavy atom. The molecule has 1 aromatic heterocycles. The molecule has 3 heterocycles. The van der Waals surface area contributed by atoms with Crippen LogP contribution in [0, 0.1) is 5.92 Å². The van der Waals surface area contributed by atoms with E-state index >= 15 is 0 Å². The molecule has 1 aromatic rings. The molecule has 0 spiro atoms. The highest BCUT2D eigenvalue weighted by molar-refractivity contribution is 5.75. The maximum atomic E-state index is 12.8. The first-order valence-electron chi connectivity index (χ1n) is 9.71. The molecule has 3 fully saturated rings. The molecule has 1 aliphatic carbocycles. The zero-order chi connectivity index (χ0) is 17.1. The highest BCUT2D eigenvalue weighted by atomic mass is 16.5. The van der Waals surface area contributed by atoms with Crippen molar-refractivity contribution in [1.29, 1.82) is 0 Å². The molecular weight excluding hydrogens is 318 g/mol. The van der Waals surface area contributed by atoms with Gasteiger partial charge in [-0.15, -0.1) is 0 Å². The van der Waals surface area contributed by atoms with Gasteiger partial charge in [-0.25, -0.2) is 4.79 Å². The van der Waals surface area contributed by atoms with Crippen LogP contribution in [0.5, 0.6) is 0 Å². The molecule has 2 aliphatic heterocycles. The number of urea groups is 1. The molecule has 0 radical (unpaired) electrons. The van der Waals surface area contributed by atoms with Crippen LogP contribution in [0.2, 0.25) is 0 Å². The standard InChI is InChI=1S/C19H29N3O3/c23-19(22(16-5-6-16)13-15-7-11-24-14-15)20-12-17(18-4-3-10-25-18)21-8-1-2-9-21/h3-4,10,15-17H,1-2,5-9,11-14H2,(H,20,23)/t15-,17+/m0/s1. The van der Waals surface area contributed by atoms with E-state index in [1.54, 1.807) is 6.26 Å². The van der Waals surface area contributed by atoms with Crippen LogP contribution in [-0.2, 0) is 4.74 Å². The van der Waals surface area contributed by atoms with Crippen LogP contribution in [0.3, 0.4) is 0 Å². The average Bonchev–Trinajstić information content (AvgIpc) is 3.11. The quantitative estimate of drug-likeness (QED) is 0.824. The van der Waals surface area contributed by atoms with Crippen molar-refractivity contribution >= 4 is 6.03 Å². The highest BCUT2D eigenvalue weighted by Gasteiger charge is 2.35. The molecule has 2 atom stereocenters. The fourth-order valence-electron chi connectivity index (χ4n) is 4.02. The minimum absolute atomic E-state index is 0.0742. The summed E-state index contributed by atoms with van der Waals surface area (Å²) in [6.45, 7) is 5.21. The van der Waals surface area contributed by atoms with E-state index < -0.39 is 0 Å². The average molecular weight is 347 g/mol. The van der Waals surface area contributed by atoms with Crippen LogP contribution in [0.15, 0.2) is 22.8 Å². The van der Waals surface area contributed by atoms with E-state index in [-0.39, 0.29) is 12.1 Å². The largest absolute Gasteiger partial charge is 0.468 e. The van der Waals surface area contributed by atoms with E-state index in [2.05, 4.69) is 10.2 Å². The van der Waals surface area contributed by atoms with Crippen molar-refractivity contribution in [2.24, 2.45) is 5.92 Å². The van der Waals surface area contributed by atoms with Crippen molar-refractivity contribution in [1.82, 2.24) is 15.1 Å². The maximum Gasteiger partial charge on any atom is 0.317 e. The van der Waals surface area contributed by atoms with Crippen molar-refractivity contribution < 1.29 is 13.9 Å². The van der Waals surface area contributed by atoms with Gasteiger partial charge in [0.1, 0.15) is 5.76 Å². The van der Waals surface area contributed by atoms with E-state index in [9.17, 15) is 4.79 Å². The molecule has 25 heavy (non-hydrogen) atoms. The van der Waals surface area contributed by atoms with Gasteiger partial charge < -0.3 is 19.4 Å². The molecule has 6 heteroatoms. The number of rotatable bonds is 7. The molecule has 138 valence electrons. The van der Waals surface area contributed by atoms with Gasteiger partial charge in [0.15, 0.2) is 0 Å². The van der Waals surface area contributed by atoms with E-state index in [1.165, 1.54) is 12.8 Å². The smallest absolute Gasteiger partial charge is 0.317 e. The maximum absolute atomic E-state index is 12.8. The fourth-order valence-corrected chi connectivity index (χ4v) is 4.02. The summed E-state index contributed by atoms with van der Waals surface area (Å²) in [6.07, 6.45) is 7.50. The predicted octanol–water partition coefficient (Wildman–Crippen LogP) is 2.63. The van der Waals surface area contributed by atoms with Gasteiger partial charge in [0.2, 0.25) is 0 Å². The Labute approximate surface area is 149 Å². The normalized spacial score (nSPS) is 25.2. The number of carbonyl (C=O) groups excluding carboxylic acids is 1. The first kappa shape index (κ1) is 16.9. The van der Waals surface area contributed by atoms with Crippen molar-refractivity contribution in [3.63, 3.8) is 0 Å². The molecule has 3 aliphatic rings. The summed E-state index contributed by atoms with van der Waals surface area (Å²) in [5.41, 5.74) is 0. The number of likely N-dealkylation sites (tertiary alicyclic amines) is 1. The van der Waals surface area contributed by atoms with Gasteiger partial charge in [-0.2, -0.15) is 0 Å². The lowest BCUT2D eigenvalue weighted by Gasteiger charge is -2.29. The minimum atomic E-state index is 0.0742. The Kier molecular flexibility index (Phi) is 5.27. The number of nitrogens with one attached hydrogen (secondary N) is 1. The van der Waals surface area contributed by atoms with Crippen LogP contribution in [0.1, 0.15) is 43.9 Å². The summed E-state index contributed by atoms with van der Waals surface area (Å²) >= 11 is 0. The van der Waals surface area contributed by atoms with Crippen molar-refractivity contribution in [3.05, 3.63) is 24.2 Å². The summed E-state index contributed by atoms with van der Waals surface area (Å²) in [6, 6.07) is 4.58.